The van der Waals surface area contributed by atoms with Crippen LogP contribution >= 0.6 is 0 Å². The molecule has 2 N–H and O–H groups in total. The van der Waals surface area contributed by atoms with E-state index in [1.165, 1.54) is 0 Å². The molecule has 0 unspecified atom stereocenters. The Balaban J connectivity index is 2.14. The SMILES string of the molecule is CC1=C[C@@H]2NC(C(=O)O)=C[C@@H]2O1. The molecular weight excluding hydrogens is 158 g/mol. The minimum absolute atomic E-state index is 0.0103. The van der Waals surface area contributed by atoms with E-state index in [1.54, 1.807) is 6.08 Å². The Morgan fingerprint density at radius 3 is 3.00 bits per heavy atom. The number of hydrogen-bond donors (Lipinski definition) is 2. The van der Waals surface area contributed by atoms with Crippen LogP contribution in [0.5, 0.6) is 0 Å². The van der Waals surface area contributed by atoms with Crippen molar-refractivity contribution in [3.05, 3.63) is 23.6 Å². The Labute approximate surface area is 69.5 Å². The number of carboxylic acids is 1. The van der Waals surface area contributed by atoms with Crippen LogP contribution in [0.4, 0.5) is 0 Å². The van der Waals surface area contributed by atoms with Gasteiger partial charge in [-0.1, -0.05) is 0 Å². The van der Waals surface area contributed by atoms with Crippen molar-refractivity contribution < 1.29 is 14.6 Å². The fourth-order valence-corrected chi connectivity index (χ4v) is 1.46. The van der Waals surface area contributed by atoms with E-state index in [9.17, 15) is 4.79 Å². The van der Waals surface area contributed by atoms with Crippen LogP contribution in [-0.2, 0) is 9.53 Å². The number of rotatable bonds is 1. The van der Waals surface area contributed by atoms with Crippen LogP contribution in [0.25, 0.3) is 0 Å². The van der Waals surface area contributed by atoms with E-state index in [-0.39, 0.29) is 17.8 Å². The lowest BCUT2D eigenvalue weighted by molar-refractivity contribution is -0.133. The number of carboxylic acid groups (broad SMARTS) is 1. The summed E-state index contributed by atoms with van der Waals surface area (Å²) < 4.78 is 5.32. The van der Waals surface area contributed by atoms with Gasteiger partial charge in [-0.2, -0.15) is 0 Å². The largest absolute Gasteiger partial charge is 0.489 e. The predicted molar refractivity (Wildman–Crippen MR) is 41.3 cm³/mol. The second-order valence-electron chi connectivity index (χ2n) is 2.92. The highest BCUT2D eigenvalue weighted by Gasteiger charge is 2.33. The van der Waals surface area contributed by atoms with Crippen LogP contribution in [0.2, 0.25) is 0 Å². The monoisotopic (exact) mass is 167 g/mol. The van der Waals surface area contributed by atoms with Crippen LogP contribution in [0.15, 0.2) is 23.6 Å². The first-order chi connectivity index (χ1) is 5.66. The van der Waals surface area contributed by atoms with Gasteiger partial charge in [0.1, 0.15) is 11.8 Å². The van der Waals surface area contributed by atoms with Crippen molar-refractivity contribution in [2.24, 2.45) is 0 Å². The van der Waals surface area contributed by atoms with Crippen molar-refractivity contribution >= 4 is 5.97 Å². The van der Waals surface area contributed by atoms with E-state index in [0.717, 1.165) is 5.76 Å². The van der Waals surface area contributed by atoms with Gasteiger partial charge in [0.2, 0.25) is 0 Å². The maximum atomic E-state index is 10.5. The molecule has 12 heavy (non-hydrogen) atoms. The molecule has 4 nitrogen and oxygen atoms in total. The first kappa shape index (κ1) is 7.21. The third kappa shape index (κ3) is 0.958. The third-order valence-corrected chi connectivity index (χ3v) is 1.97. The summed E-state index contributed by atoms with van der Waals surface area (Å²) in [5.41, 5.74) is 0.230. The van der Waals surface area contributed by atoms with Gasteiger partial charge in [0.15, 0.2) is 0 Å². The zero-order valence-electron chi connectivity index (χ0n) is 6.57. The topological polar surface area (TPSA) is 58.6 Å². The first-order valence-electron chi connectivity index (χ1n) is 3.73. The average molecular weight is 167 g/mol. The molecule has 2 atom stereocenters. The molecule has 2 aliphatic heterocycles. The lowest BCUT2D eigenvalue weighted by Crippen LogP contribution is -2.28. The molecule has 0 amide bonds. The quantitative estimate of drug-likeness (QED) is 0.587. The molecule has 0 aromatic rings. The van der Waals surface area contributed by atoms with E-state index in [0.29, 0.717) is 0 Å². The van der Waals surface area contributed by atoms with Gasteiger partial charge in [0.05, 0.1) is 11.8 Å². The van der Waals surface area contributed by atoms with Gasteiger partial charge >= 0.3 is 5.97 Å². The minimum Gasteiger partial charge on any atom is -0.489 e. The second kappa shape index (κ2) is 2.27. The van der Waals surface area contributed by atoms with Crippen molar-refractivity contribution in [3.8, 4) is 0 Å². The Kier molecular flexibility index (Phi) is 1.36. The third-order valence-electron chi connectivity index (χ3n) is 1.97. The van der Waals surface area contributed by atoms with Crippen molar-refractivity contribution in [1.82, 2.24) is 5.32 Å². The minimum atomic E-state index is -0.931. The van der Waals surface area contributed by atoms with Crippen LogP contribution in [0.3, 0.4) is 0 Å². The van der Waals surface area contributed by atoms with E-state index in [1.807, 2.05) is 13.0 Å². The van der Waals surface area contributed by atoms with Crippen LogP contribution in [0, 0.1) is 0 Å². The van der Waals surface area contributed by atoms with Crippen LogP contribution in [0.1, 0.15) is 6.92 Å². The van der Waals surface area contributed by atoms with Crippen molar-refractivity contribution in [2.75, 3.05) is 0 Å². The molecule has 0 aromatic carbocycles. The van der Waals surface area contributed by atoms with E-state index < -0.39 is 5.97 Å². The molecule has 2 heterocycles. The van der Waals surface area contributed by atoms with Gasteiger partial charge in [-0.15, -0.1) is 0 Å². The lowest BCUT2D eigenvalue weighted by atomic mass is 10.2. The first-order valence-corrected chi connectivity index (χ1v) is 3.73. The molecule has 0 fully saturated rings. The molecular formula is C8H9NO3. The predicted octanol–water partition coefficient (Wildman–Crippen LogP) is 0.229. The summed E-state index contributed by atoms with van der Waals surface area (Å²) in [5.74, 6) is -0.0859. The molecule has 4 heteroatoms. The van der Waals surface area contributed by atoms with E-state index in [4.69, 9.17) is 9.84 Å². The highest BCUT2D eigenvalue weighted by molar-refractivity contribution is 5.87. The summed E-state index contributed by atoms with van der Waals surface area (Å²) in [7, 11) is 0. The molecule has 0 saturated carbocycles. The smallest absolute Gasteiger partial charge is 0.351 e. The highest BCUT2D eigenvalue weighted by atomic mass is 16.5. The van der Waals surface area contributed by atoms with Crippen LogP contribution in [-0.4, -0.2) is 23.2 Å². The van der Waals surface area contributed by atoms with Gasteiger partial charge in [0.25, 0.3) is 0 Å². The fourth-order valence-electron chi connectivity index (χ4n) is 1.46. The van der Waals surface area contributed by atoms with Gasteiger partial charge in [-0.3, -0.25) is 0 Å². The molecule has 2 aliphatic rings. The molecule has 0 radical (unpaired) electrons. The molecule has 0 aromatic heterocycles. The van der Waals surface area contributed by atoms with Gasteiger partial charge in [-0.05, 0) is 19.1 Å². The maximum Gasteiger partial charge on any atom is 0.351 e. The highest BCUT2D eigenvalue weighted by Crippen LogP contribution is 2.24. The van der Waals surface area contributed by atoms with Gasteiger partial charge < -0.3 is 15.2 Å². The lowest BCUT2D eigenvalue weighted by Gasteiger charge is -2.07. The van der Waals surface area contributed by atoms with Crippen molar-refractivity contribution in [1.29, 1.82) is 0 Å². The summed E-state index contributed by atoms with van der Waals surface area (Å²) in [6.45, 7) is 1.86. The zero-order valence-corrected chi connectivity index (χ0v) is 6.57. The molecule has 0 bridgehead atoms. The second-order valence-corrected chi connectivity index (χ2v) is 2.92. The number of aliphatic carboxylic acids is 1. The van der Waals surface area contributed by atoms with Crippen molar-refractivity contribution in [3.63, 3.8) is 0 Å². The fraction of sp³-hybridized carbons (Fsp3) is 0.375. The Hall–Kier alpha value is -1.45. The average Bonchev–Trinajstić information content (AvgIpc) is 2.42. The molecule has 0 aliphatic carbocycles. The molecule has 64 valence electrons. The van der Waals surface area contributed by atoms with Crippen molar-refractivity contribution in [2.45, 2.75) is 19.1 Å². The Morgan fingerprint density at radius 1 is 1.67 bits per heavy atom. The Bertz CT molecular complexity index is 293. The number of allylic oxidation sites excluding steroid dienone is 1. The number of carbonyl (C=O) groups is 1. The zero-order chi connectivity index (χ0) is 8.72. The standard InChI is InChI=1S/C8H9NO3/c1-4-2-5-7(12-4)3-6(9-5)8(10)11/h2-3,5,7,9H,1H3,(H,10,11)/t5-,7-/m0/s1. The number of fused-ring (bicyclic) bond motifs is 1. The van der Waals surface area contributed by atoms with E-state index >= 15 is 0 Å². The number of nitrogens with one attached hydrogen (secondary N) is 1. The van der Waals surface area contributed by atoms with Crippen LogP contribution < -0.4 is 5.32 Å². The number of hydrogen-bond acceptors (Lipinski definition) is 3. The normalized spacial score (nSPS) is 31.4. The molecule has 0 spiro atoms. The molecule has 2 rings (SSSR count). The van der Waals surface area contributed by atoms with Gasteiger partial charge in [0, 0.05) is 0 Å². The number of ether oxygens (including phenoxy) is 1. The summed E-state index contributed by atoms with van der Waals surface area (Å²) in [6, 6.07) is 0.0103. The van der Waals surface area contributed by atoms with E-state index in [2.05, 4.69) is 5.32 Å². The summed E-state index contributed by atoms with van der Waals surface area (Å²) in [4.78, 5) is 10.5. The molecule has 0 saturated heterocycles. The summed E-state index contributed by atoms with van der Waals surface area (Å²) >= 11 is 0. The van der Waals surface area contributed by atoms with Gasteiger partial charge in [-0.25, -0.2) is 4.79 Å². The summed E-state index contributed by atoms with van der Waals surface area (Å²) in [5, 5.41) is 11.5. The maximum absolute atomic E-state index is 10.5. The Morgan fingerprint density at radius 2 is 2.42 bits per heavy atom. The summed E-state index contributed by atoms with van der Waals surface area (Å²) in [6.07, 6.45) is 3.35.